The number of fused-ring (bicyclic) bond motifs is 1. The molecule has 1 unspecified atom stereocenters. The van der Waals surface area contributed by atoms with Crippen molar-refractivity contribution in [3.05, 3.63) is 36.0 Å². The second kappa shape index (κ2) is 6.34. The average Bonchev–Trinajstić information content (AvgIpc) is 2.47. The minimum atomic E-state index is -0.110. The first kappa shape index (κ1) is 14.3. The van der Waals surface area contributed by atoms with Gasteiger partial charge in [0.25, 0.3) is 0 Å². The molecule has 2 aromatic rings. The fourth-order valence-corrected chi connectivity index (χ4v) is 2.07. The maximum atomic E-state index is 11.8. The summed E-state index contributed by atoms with van der Waals surface area (Å²) in [6.45, 7) is 2.77. The molecule has 0 saturated carbocycles. The molecule has 5 nitrogen and oxygen atoms in total. The SMILES string of the molecule is CNCC(C)C(=O)NCc1ccc2cccnc2c1O. The Morgan fingerprint density at radius 2 is 2.20 bits per heavy atom. The number of phenolic OH excluding ortho intramolecular Hbond substituents is 1. The highest BCUT2D eigenvalue weighted by Gasteiger charge is 2.13. The summed E-state index contributed by atoms with van der Waals surface area (Å²) in [4.78, 5) is 16.0. The number of carbonyl (C=O) groups is 1. The predicted molar refractivity (Wildman–Crippen MR) is 78.3 cm³/mol. The molecule has 0 spiro atoms. The summed E-state index contributed by atoms with van der Waals surface area (Å²) in [5.41, 5.74) is 1.23. The Morgan fingerprint density at radius 1 is 1.40 bits per heavy atom. The van der Waals surface area contributed by atoms with Crippen LogP contribution < -0.4 is 10.6 Å². The fraction of sp³-hybridized carbons (Fsp3) is 0.333. The van der Waals surface area contributed by atoms with E-state index in [9.17, 15) is 9.90 Å². The van der Waals surface area contributed by atoms with Crippen LogP contribution in [-0.4, -0.2) is 29.6 Å². The first-order valence-corrected chi connectivity index (χ1v) is 6.61. The van der Waals surface area contributed by atoms with Crippen LogP contribution in [0.1, 0.15) is 12.5 Å². The molecule has 1 atom stereocenters. The highest BCUT2D eigenvalue weighted by Crippen LogP contribution is 2.26. The van der Waals surface area contributed by atoms with Crippen molar-refractivity contribution in [3.8, 4) is 5.75 Å². The molecule has 1 amide bonds. The Hall–Kier alpha value is -2.14. The zero-order valence-electron chi connectivity index (χ0n) is 11.7. The third-order valence-electron chi connectivity index (χ3n) is 3.24. The molecule has 0 aliphatic rings. The van der Waals surface area contributed by atoms with E-state index in [0.29, 0.717) is 24.2 Å². The van der Waals surface area contributed by atoms with Gasteiger partial charge in [0.2, 0.25) is 5.91 Å². The van der Waals surface area contributed by atoms with E-state index in [4.69, 9.17) is 0 Å². The fourth-order valence-electron chi connectivity index (χ4n) is 2.07. The van der Waals surface area contributed by atoms with Crippen LogP contribution in [0.25, 0.3) is 10.9 Å². The van der Waals surface area contributed by atoms with Gasteiger partial charge in [0.15, 0.2) is 0 Å². The minimum Gasteiger partial charge on any atom is -0.505 e. The van der Waals surface area contributed by atoms with E-state index in [2.05, 4.69) is 15.6 Å². The number of amides is 1. The second-order valence-corrected chi connectivity index (χ2v) is 4.82. The van der Waals surface area contributed by atoms with Crippen molar-refractivity contribution in [2.24, 2.45) is 5.92 Å². The molecular weight excluding hydrogens is 254 g/mol. The lowest BCUT2D eigenvalue weighted by atomic mass is 10.1. The van der Waals surface area contributed by atoms with Gasteiger partial charge in [0, 0.05) is 36.2 Å². The number of phenols is 1. The highest BCUT2D eigenvalue weighted by atomic mass is 16.3. The molecular formula is C15H19N3O2. The minimum absolute atomic E-state index is 0.0418. The Kier molecular flexibility index (Phi) is 4.53. The van der Waals surface area contributed by atoms with E-state index in [-0.39, 0.29) is 17.6 Å². The zero-order valence-corrected chi connectivity index (χ0v) is 11.7. The van der Waals surface area contributed by atoms with E-state index in [1.165, 1.54) is 0 Å². The van der Waals surface area contributed by atoms with Gasteiger partial charge in [-0.3, -0.25) is 9.78 Å². The number of pyridine rings is 1. The molecule has 0 aliphatic carbocycles. The topological polar surface area (TPSA) is 74.2 Å². The van der Waals surface area contributed by atoms with E-state index in [0.717, 1.165) is 5.39 Å². The molecule has 5 heteroatoms. The van der Waals surface area contributed by atoms with Gasteiger partial charge < -0.3 is 15.7 Å². The van der Waals surface area contributed by atoms with E-state index in [1.807, 2.05) is 38.2 Å². The lowest BCUT2D eigenvalue weighted by Gasteiger charge is -2.12. The van der Waals surface area contributed by atoms with Crippen LogP contribution in [0.5, 0.6) is 5.75 Å². The number of aromatic nitrogens is 1. The lowest BCUT2D eigenvalue weighted by molar-refractivity contribution is -0.124. The van der Waals surface area contributed by atoms with E-state index < -0.39 is 0 Å². The third kappa shape index (κ3) is 3.05. The van der Waals surface area contributed by atoms with E-state index in [1.54, 1.807) is 6.20 Å². The number of carbonyl (C=O) groups excluding carboxylic acids is 1. The largest absolute Gasteiger partial charge is 0.505 e. The number of aromatic hydroxyl groups is 1. The molecule has 1 aromatic heterocycles. The van der Waals surface area contributed by atoms with E-state index >= 15 is 0 Å². The summed E-state index contributed by atoms with van der Waals surface area (Å²) >= 11 is 0. The highest BCUT2D eigenvalue weighted by molar-refractivity contribution is 5.85. The van der Waals surface area contributed by atoms with Gasteiger partial charge >= 0.3 is 0 Å². The molecule has 1 aromatic carbocycles. The summed E-state index contributed by atoms with van der Waals surface area (Å²) in [5.74, 6) is -0.0229. The molecule has 106 valence electrons. The van der Waals surface area contributed by atoms with Crippen molar-refractivity contribution >= 4 is 16.8 Å². The van der Waals surface area contributed by atoms with Crippen LogP contribution >= 0.6 is 0 Å². The van der Waals surface area contributed by atoms with Crippen LogP contribution in [0.2, 0.25) is 0 Å². The maximum absolute atomic E-state index is 11.8. The predicted octanol–water partition coefficient (Wildman–Crippen LogP) is 1.41. The van der Waals surface area contributed by atoms with Crippen molar-refractivity contribution in [2.75, 3.05) is 13.6 Å². The van der Waals surface area contributed by atoms with Gasteiger partial charge in [-0.15, -0.1) is 0 Å². The van der Waals surface area contributed by atoms with Crippen LogP contribution in [0, 0.1) is 5.92 Å². The second-order valence-electron chi connectivity index (χ2n) is 4.82. The third-order valence-corrected chi connectivity index (χ3v) is 3.24. The smallest absolute Gasteiger partial charge is 0.224 e. The van der Waals surface area contributed by atoms with Crippen molar-refractivity contribution in [3.63, 3.8) is 0 Å². The van der Waals surface area contributed by atoms with Crippen LogP contribution in [0.3, 0.4) is 0 Å². The molecule has 2 rings (SSSR count). The molecule has 0 bridgehead atoms. The van der Waals surface area contributed by atoms with Gasteiger partial charge in [0.1, 0.15) is 11.3 Å². The van der Waals surface area contributed by atoms with Gasteiger partial charge in [-0.05, 0) is 13.1 Å². The number of nitrogens with zero attached hydrogens (tertiary/aromatic N) is 1. The number of nitrogens with one attached hydrogen (secondary N) is 2. The molecule has 3 N–H and O–H groups in total. The van der Waals surface area contributed by atoms with Gasteiger partial charge in [0.05, 0.1) is 0 Å². The lowest BCUT2D eigenvalue weighted by Crippen LogP contribution is -2.33. The summed E-state index contributed by atoms with van der Waals surface area (Å²) in [6, 6.07) is 7.41. The van der Waals surface area contributed by atoms with Gasteiger partial charge in [-0.25, -0.2) is 0 Å². The van der Waals surface area contributed by atoms with Crippen molar-refractivity contribution in [2.45, 2.75) is 13.5 Å². The quantitative estimate of drug-likeness (QED) is 0.770. The number of benzene rings is 1. The van der Waals surface area contributed by atoms with Crippen molar-refractivity contribution in [1.82, 2.24) is 15.6 Å². The van der Waals surface area contributed by atoms with Crippen LogP contribution in [0.4, 0.5) is 0 Å². The Balaban J connectivity index is 2.10. The van der Waals surface area contributed by atoms with Crippen molar-refractivity contribution in [1.29, 1.82) is 0 Å². The number of hydrogen-bond donors (Lipinski definition) is 3. The normalized spacial score (nSPS) is 12.3. The van der Waals surface area contributed by atoms with Crippen LogP contribution in [-0.2, 0) is 11.3 Å². The Labute approximate surface area is 118 Å². The molecule has 20 heavy (non-hydrogen) atoms. The first-order chi connectivity index (χ1) is 9.63. The monoisotopic (exact) mass is 273 g/mol. The Bertz CT molecular complexity index is 613. The Morgan fingerprint density at radius 3 is 2.95 bits per heavy atom. The number of hydrogen-bond acceptors (Lipinski definition) is 4. The maximum Gasteiger partial charge on any atom is 0.224 e. The van der Waals surface area contributed by atoms with Crippen LogP contribution in [0.15, 0.2) is 30.5 Å². The molecule has 1 heterocycles. The standard InChI is InChI=1S/C15H19N3O2/c1-10(8-16-2)15(20)18-9-12-6-5-11-4-3-7-17-13(11)14(12)19/h3-7,10,16,19H,8-9H2,1-2H3,(H,18,20). The average molecular weight is 273 g/mol. The number of rotatable bonds is 5. The summed E-state index contributed by atoms with van der Waals surface area (Å²) in [6.07, 6.45) is 1.64. The molecule has 0 fully saturated rings. The van der Waals surface area contributed by atoms with Gasteiger partial charge in [-0.2, -0.15) is 0 Å². The zero-order chi connectivity index (χ0) is 14.5. The molecule has 0 aliphatic heterocycles. The summed E-state index contributed by atoms with van der Waals surface area (Å²) in [5, 5.41) is 16.8. The van der Waals surface area contributed by atoms with Crippen molar-refractivity contribution < 1.29 is 9.90 Å². The molecule has 0 radical (unpaired) electrons. The summed E-state index contributed by atoms with van der Waals surface area (Å²) < 4.78 is 0. The summed E-state index contributed by atoms with van der Waals surface area (Å²) in [7, 11) is 1.81. The molecule has 0 saturated heterocycles. The first-order valence-electron chi connectivity index (χ1n) is 6.61. The van der Waals surface area contributed by atoms with Gasteiger partial charge in [-0.1, -0.05) is 25.1 Å².